The third-order valence-corrected chi connectivity index (χ3v) is 3.34. The molecule has 3 aromatic rings. The third-order valence-electron chi connectivity index (χ3n) is 3.34. The number of para-hydroxylation sites is 1. The Hall–Kier alpha value is -2.46. The monoisotopic (exact) mass is 265 g/mol. The van der Waals surface area contributed by atoms with Gasteiger partial charge in [-0.15, -0.1) is 0 Å². The summed E-state index contributed by atoms with van der Waals surface area (Å²) in [6.45, 7) is 1.92. The lowest BCUT2D eigenvalue weighted by molar-refractivity contribution is 0.222. The Morgan fingerprint density at radius 2 is 1.90 bits per heavy atom. The van der Waals surface area contributed by atoms with Crippen LogP contribution < -0.4 is 5.73 Å². The molecule has 1 unspecified atom stereocenters. The summed E-state index contributed by atoms with van der Waals surface area (Å²) in [6, 6.07) is 11.4. The fourth-order valence-corrected chi connectivity index (χ4v) is 2.34. The number of aryl methyl sites for hydroxylation is 1. The first-order chi connectivity index (χ1) is 9.66. The van der Waals surface area contributed by atoms with Gasteiger partial charge in [-0.1, -0.05) is 24.3 Å². The van der Waals surface area contributed by atoms with Crippen molar-refractivity contribution >= 4 is 16.7 Å². The van der Waals surface area contributed by atoms with E-state index >= 15 is 0 Å². The Morgan fingerprint density at radius 1 is 1.10 bits per heavy atom. The molecular formula is C16H15N3O. The second-order valence-corrected chi connectivity index (χ2v) is 4.81. The SMILES string of the molecule is Cc1cnc(N)c(C(O)c2cccc3cccnc23)c1. The van der Waals surface area contributed by atoms with Gasteiger partial charge in [0, 0.05) is 28.9 Å². The lowest BCUT2D eigenvalue weighted by atomic mass is 9.98. The van der Waals surface area contributed by atoms with Crippen LogP contribution in [-0.4, -0.2) is 15.1 Å². The molecule has 0 radical (unpaired) electrons. The fourth-order valence-electron chi connectivity index (χ4n) is 2.34. The van der Waals surface area contributed by atoms with Crippen LogP contribution in [0.3, 0.4) is 0 Å². The zero-order valence-corrected chi connectivity index (χ0v) is 11.1. The summed E-state index contributed by atoms with van der Waals surface area (Å²) >= 11 is 0. The van der Waals surface area contributed by atoms with Gasteiger partial charge in [0.15, 0.2) is 0 Å². The number of hydrogen-bond acceptors (Lipinski definition) is 4. The summed E-state index contributed by atoms with van der Waals surface area (Å²) in [6.07, 6.45) is 2.57. The summed E-state index contributed by atoms with van der Waals surface area (Å²) in [5, 5.41) is 11.6. The molecule has 0 fully saturated rings. The van der Waals surface area contributed by atoms with Gasteiger partial charge in [-0.3, -0.25) is 4.98 Å². The molecule has 100 valence electrons. The quantitative estimate of drug-likeness (QED) is 0.747. The molecule has 1 aromatic carbocycles. The van der Waals surface area contributed by atoms with Crippen molar-refractivity contribution in [1.29, 1.82) is 0 Å². The lowest BCUT2D eigenvalue weighted by Gasteiger charge is -2.15. The number of benzene rings is 1. The molecule has 0 saturated heterocycles. The Morgan fingerprint density at radius 3 is 2.75 bits per heavy atom. The van der Waals surface area contributed by atoms with Gasteiger partial charge in [0.05, 0.1) is 5.52 Å². The topological polar surface area (TPSA) is 72.0 Å². The Balaban J connectivity index is 2.17. The molecule has 0 spiro atoms. The molecular weight excluding hydrogens is 250 g/mol. The lowest BCUT2D eigenvalue weighted by Crippen LogP contribution is -2.07. The minimum absolute atomic E-state index is 0.344. The summed E-state index contributed by atoms with van der Waals surface area (Å²) in [4.78, 5) is 8.46. The van der Waals surface area contributed by atoms with Gasteiger partial charge in [0.2, 0.25) is 0 Å². The summed E-state index contributed by atoms with van der Waals surface area (Å²) in [5.41, 5.74) is 8.97. The summed E-state index contributed by atoms with van der Waals surface area (Å²) in [7, 11) is 0. The molecule has 0 bridgehead atoms. The molecule has 0 aliphatic rings. The number of aliphatic hydroxyl groups excluding tert-OH is 1. The predicted molar refractivity (Wildman–Crippen MR) is 79.2 cm³/mol. The standard InChI is InChI=1S/C16H15N3O/c1-10-8-13(16(17)19-9-10)15(20)12-6-2-4-11-5-3-7-18-14(11)12/h2-9,15,20H,1H3,(H2,17,19). The molecule has 0 aliphatic carbocycles. The van der Waals surface area contributed by atoms with E-state index in [2.05, 4.69) is 9.97 Å². The largest absolute Gasteiger partial charge is 0.383 e. The van der Waals surface area contributed by atoms with E-state index < -0.39 is 6.10 Å². The maximum Gasteiger partial charge on any atom is 0.129 e. The molecule has 3 rings (SSSR count). The van der Waals surface area contributed by atoms with Crippen LogP contribution >= 0.6 is 0 Å². The van der Waals surface area contributed by atoms with Crippen molar-refractivity contribution in [3.05, 3.63) is 65.5 Å². The Bertz CT molecular complexity index is 765. The highest BCUT2D eigenvalue weighted by atomic mass is 16.3. The van der Waals surface area contributed by atoms with Crippen molar-refractivity contribution in [2.75, 3.05) is 5.73 Å². The first-order valence-corrected chi connectivity index (χ1v) is 6.40. The van der Waals surface area contributed by atoms with Crippen LogP contribution in [0.25, 0.3) is 10.9 Å². The molecule has 20 heavy (non-hydrogen) atoms. The van der Waals surface area contributed by atoms with E-state index in [1.54, 1.807) is 12.4 Å². The van der Waals surface area contributed by atoms with Crippen LogP contribution in [0.4, 0.5) is 5.82 Å². The zero-order valence-electron chi connectivity index (χ0n) is 11.1. The Kier molecular flexibility index (Phi) is 3.08. The number of rotatable bonds is 2. The number of nitrogens with zero attached hydrogens (tertiary/aromatic N) is 2. The van der Waals surface area contributed by atoms with E-state index in [0.717, 1.165) is 22.0 Å². The van der Waals surface area contributed by atoms with Crippen molar-refractivity contribution in [3.63, 3.8) is 0 Å². The molecule has 3 N–H and O–H groups in total. The molecule has 0 aliphatic heterocycles. The highest BCUT2D eigenvalue weighted by Crippen LogP contribution is 2.30. The van der Waals surface area contributed by atoms with Crippen LogP contribution in [0, 0.1) is 6.92 Å². The van der Waals surface area contributed by atoms with E-state index in [1.807, 2.05) is 43.3 Å². The van der Waals surface area contributed by atoms with Crippen LogP contribution in [0.2, 0.25) is 0 Å². The molecule has 2 heterocycles. The van der Waals surface area contributed by atoms with E-state index in [9.17, 15) is 5.11 Å². The second kappa shape index (κ2) is 4.90. The minimum atomic E-state index is -0.832. The fraction of sp³-hybridized carbons (Fsp3) is 0.125. The summed E-state index contributed by atoms with van der Waals surface area (Å²) < 4.78 is 0. The zero-order chi connectivity index (χ0) is 14.1. The van der Waals surface area contributed by atoms with Gasteiger partial charge in [0.1, 0.15) is 11.9 Å². The number of fused-ring (bicyclic) bond motifs is 1. The third kappa shape index (κ3) is 2.10. The van der Waals surface area contributed by atoms with Gasteiger partial charge in [-0.25, -0.2) is 4.98 Å². The molecule has 4 heteroatoms. The maximum absolute atomic E-state index is 10.6. The van der Waals surface area contributed by atoms with Crippen molar-refractivity contribution in [1.82, 2.24) is 9.97 Å². The highest BCUT2D eigenvalue weighted by molar-refractivity contribution is 5.82. The Labute approximate surface area is 116 Å². The number of nitrogens with two attached hydrogens (primary N) is 1. The molecule has 4 nitrogen and oxygen atoms in total. The molecule has 0 amide bonds. The maximum atomic E-state index is 10.6. The number of nitrogen functional groups attached to an aromatic ring is 1. The number of anilines is 1. The van der Waals surface area contributed by atoms with E-state index in [4.69, 9.17) is 5.73 Å². The predicted octanol–water partition coefficient (Wildman–Crippen LogP) is 2.60. The van der Waals surface area contributed by atoms with Crippen LogP contribution in [-0.2, 0) is 0 Å². The van der Waals surface area contributed by atoms with Gasteiger partial charge in [-0.2, -0.15) is 0 Å². The van der Waals surface area contributed by atoms with Crippen molar-refractivity contribution in [3.8, 4) is 0 Å². The van der Waals surface area contributed by atoms with Gasteiger partial charge >= 0.3 is 0 Å². The molecule has 1 atom stereocenters. The minimum Gasteiger partial charge on any atom is -0.383 e. The number of hydrogen-bond donors (Lipinski definition) is 2. The number of aliphatic hydroxyl groups is 1. The summed E-state index contributed by atoms with van der Waals surface area (Å²) in [5.74, 6) is 0.344. The van der Waals surface area contributed by atoms with E-state index in [1.165, 1.54) is 0 Å². The van der Waals surface area contributed by atoms with E-state index in [-0.39, 0.29) is 0 Å². The van der Waals surface area contributed by atoms with Gasteiger partial charge < -0.3 is 10.8 Å². The molecule has 2 aromatic heterocycles. The first kappa shape index (κ1) is 12.6. The smallest absolute Gasteiger partial charge is 0.129 e. The number of aromatic nitrogens is 2. The van der Waals surface area contributed by atoms with Crippen molar-refractivity contribution in [2.45, 2.75) is 13.0 Å². The van der Waals surface area contributed by atoms with Crippen LogP contribution in [0.5, 0.6) is 0 Å². The highest BCUT2D eigenvalue weighted by Gasteiger charge is 2.17. The normalized spacial score (nSPS) is 12.5. The number of pyridine rings is 2. The second-order valence-electron chi connectivity index (χ2n) is 4.81. The van der Waals surface area contributed by atoms with Crippen LogP contribution in [0.1, 0.15) is 22.8 Å². The van der Waals surface area contributed by atoms with Gasteiger partial charge in [0.25, 0.3) is 0 Å². The van der Waals surface area contributed by atoms with Crippen LogP contribution in [0.15, 0.2) is 48.8 Å². The van der Waals surface area contributed by atoms with E-state index in [0.29, 0.717) is 11.4 Å². The molecule has 0 saturated carbocycles. The average molecular weight is 265 g/mol. The van der Waals surface area contributed by atoms with Gasteiger partial charge in [-0.05, 0) is 24.6 Å². The average Bonchev–Trinajstić information content (AvgIpc) is 2.48. The van der Waals surface area contributed by atoms with Crippen molar-refractivity contribution in [2.24, 2.45) is 0 Å². The first-order valence-electron chi connectivity index (χ1n) is 6.40. The van der Waals surface area contributed by atoms with Crippen molar-refractivity contribution < 1.29 is 5.11 Å².